The van der Waals surface area contributed by atoms with E-state index in [0.29, 0.717) is 17.6 Å². The maximum atomic E-state index is 12.8. The van der Waals surface area contributed by atoms with Crippen molar-refractivity contribution >= 4 is 44.7 Å². The van der Waals surface area contributed by atoms with Crippen molar-refractivity contribution in [2.45, 2.75) is 41.0 Å². The highest BCUT2D eigenvalue weighted by molar-refractivity contribution is 8.01. The lowest BCUT2D eigenvalue weighted by Crippen LogP contribution is -2.62. The third-order valence-corrected chi connectivity index (χ3v) is 8.49. The van der Waals surface area contributed by atoms with Gasteiger partial charge in [-0.05, 0) is 75.2 Å². The number of nitrogens with zero attached hydrogens (tertiary/aromatic N) is 1. The fourth-order valence-electron chi connectivity index (χ4n) is 4.19. The molecular weight excluding hydrogens is 426 g/mol. The first-order valence-corrected chi connectivity index (χ1v) is 13.2. The maximum absolute atomic E-state index is 12.8. The topological polar surface area (TPSA) is 78.5 Å². The minimum Gasteiger partial charge on any atom is -0.347 e. The molecule has 3 aliphatic heterocycles. The highest BCUT2D eigenvalue weighted by Gasteiger charge is 2.40. The second-order valence-corrected chi connectivity index (χ2v) is 11.9. The molecule has 2 atom stereocenters. The summed E-state index contributed by atoms with van der Waals surface area (Å²) in [5.41, 5.74) is 0.537. The number of carbonyl (C=O) groups excluding carboxylic acids is 1. The van der Waals surface area contributed by atoms with Crippen molar-refractivity contribution in [2.75, 3.05) is 24.1 Å². The first-order valence-electron chi connectivity index (χ1n) is 9.69. The number of rotatable bonds is 6. The average molecular weight is 452 g/mol. The van der Waals surface area contributed by atoms with Crippen LogP contribution in [0.3, 0.4) is 0 Å². The van der Waals surface area contributed by atoms with Gasteiger partial charge in [-0.2, -0.15) is 0 Å². The third-order valence-electron chi connectivity index (χ3n) is 5.66. The van der Waals surface area contributed by atoms with Crippen LogP contribution in [0.1, 0.15) is 29.4 Å². The summed E-state index contributed by atoms with van der Waals surface area (Å²) in [6, 6.07) is 11.7. The van der Waals surface area contributed by atoms with Crippen LogP contribution in [0.2, 0.25) is 0 Å². The molecule has 5 rings (SSSR count). The van der Waals surface area contributed by atoms with E-state index in [-0.39, 0.29) is 11.9 Å². The molecule has 3 aliphatic rings. The predicted molar refractivity (Wildman–Crippen MR) is 118 cm³/mol. The van der Waals surface area contributed by atoms with Crippen LogP contribution in [-0.4, -0.2) is 50.7 Å². The van der Waals surface area contributed by atoms with E-state index in [1.54, 1.807) is 23.9 Å². The SMILES string of the molecule is C[C@@H]1[C@H](NC(=O)c2ccc(Sc3ccc(NS(C)(=O)=O)cc3)s2)C2CCN1CC2. The number of anilines is 1. The van der Waals surface area contributed by atoms with Crippen LogP contribution in [0.25, 0.3) is 0 Å². The molecule has 0 radical (unpaired) electrons. The molecule has 1 aromatic heterocycles. The lowest BCUT2D eigenvalue weighted by molar-refractivity contribution is 0.0218. The zero-order valence-corrected chi connectivity index (χ0v) is 18.9. The van der Waals surface area contributed by atoms with Crippen molar-refractivity contribution in [2.24, 2.45) is 5.92 Å². The lowest BCUT2D eigenvalue weighted by atomic mass is 9.79. The van der Waals surface area contributed by atoms with Gasteiger partial charge in [0.15, 0.2) is 0 Å². The van der Waals surface area contributed by atoms with Crippen LogP contribution >= 0.6 is 23.1 Å². The van der Waals surface area contributed by atoms with Crippen LogP contribution in [0.5, 0.6) is 0 Å². The molecule has 1 amide bonds. The Kier molecular flexibility index (Phi) is 5.92. The van der Waals surface area contributed by atoms with Gasteiger partial charge in [0.1, 0.15) is 0 Å². The zero-order valence-electron chi connectivity index (χ0n) is 16.4. The van der Waals surface area contributed by atoms with Gasteiger partial charge >= 0.3 is 0 Å². The van der Waals surface area contributed by atoms with Crippen molar-refractivity contribution in [1.82, 2.24) is 10.2 Å². The largest absolute Gasteiger partial charge is 0.347 e. The van der Waals surface area contributed by atoms with Crippen molar-refractivity contribution < 1.29 is 13.2 Å². The Bertz CT molecular complexity index is 978. The van der Waals surface area contributed by atoms with E-state index in [4.69, 9.17) is 0 Å². The summed E-state index contributed by atoms with van der Waals surface area (Å²) in [5.74, 6) is 0.604. The first kappa shape index (κ1) is 20.7. The fourth-order valence-corrected chi connectivity index (χ4v) is 6.76. The van der Waals surface area contributed by atoms with Crippen molar-refractivity contribution in [3.63, 3.8) is 0 Å². The Hall–Kier alpha value is -1.55. The molecule has 0 spiro atoms. The van der Waals surface area contributed by atoms with Gasteiger partial charge in [-0.15, -0.1) is 11.3 Å². The van der Waals surface area contributed by atoms with E-state index < -0.39 is 10.0 Å². The number of hydrogen-bond acceptors (Lipinski definition) is 6. The molecule has 156 valence electrons. The Morgan fingerprint density at radius 3 is 2.45 bits per heavy atom. The Labute approximate surface area is 180 Å². The second-order valence-electron chi connectivity index (χ2n) is 7.73. The number of amides is 1. The van der Waals surface area contributed by atoms with Gasteiger partial charge < -0.3 is 5.32 Å². The number of fused-ring (bicyclic) bond motifs is 3. The van der Waals surface area contributed by atoms with Gasteiger partial charge in [-0.25, -0.2) is 8.42 Å². The first-order chi connectivity index (χ1) is 13.8. The molecule has 3 fully saturated rings. The van der Waals surface area contributed by atoms with E-state index in [9.17, 15) is 13.2 Å². The minimum atomic E-state index is -3.28. The lowest BCUT2D eigenvalue weighted by Gasteiger charge is -2.49. The van der Waals surface area contributed by atoms with Crippen LogP contribution in [0.4, 0.5) is 5.69 Å². The number of hydrogen-bond donors (Lipinski definition) is 2. The van der Waals surface area contributed by atoms with E-state index in [1.165, 1.54) is 24.2 Å². The monoisotopic (exact) mass is 451 g/mol. The van der Waals surface area contributed by atoms with Gasteiger partial charge in [-0.1, -0.05) is 11.8 Å². The summed E-state index contributed by atoms with van der Waals surface area (Å²) in [5, 5.41) is 3.28. The molecule has 6 nitrogen and oxygen atoms in total. The quantitative estimate of drug-likeness (QED) is 0.703. The summed E-state index contributed by atoms with van der Waals surface area (Å²) < 4.78 is 26.1. The van der Waals surface area contributed by atoms with Crippen molar-refractivity contribution in [1.29, 1.82) is 0 Å². The van der Waals surface area contributed by atoms with Crippen LogP contribution in [0.15, 0.2) is 45.5 Å². The van der Waals surface area contributed by atoms with Gasteiger partial charge in [0.05, 0.1) is 15.3 Å². The summed E-state index contributed by atoms with van der Waals surface area (Å²) in [6.07, 6.45) is 3.47. The molecule has 0 aliphatic carbocycles. The zero-order chi connectivity index (χ0) is 20.6. The number of carbonyl (C=O) groups is 1. The number of thiophene rings is 1. The normalized spacial score (nSPS) is 26.3. The molecule has 2 aromatic rings. The molecule has 29 heavy (non-hydrogen) atoms. The van der Waals surface area contributed by atoms with Gasteiger partial charge in [0.25, 0.3) is 5.91 Å². The molecule has 3 saturated heterocycles. The average Bonchev–Trinajstić information content (AvgIpc) is 3.14. The molecular formula is C20H25N3O3S3. The molecule has 9 heteroatoms. The highest BCUT2D eigenvalue weighted by atomic mass is 32.2. The number of piperidine rings is 3. The van der Waals surface area contributed by atoms with Gasteiger partial charge in [0.2, 0.25) is 10.0 Å². The summed E-state index contributed by atoms with van der Waals surface area (Å²) in [7, 11) is -3.28. The van der Waals surface area contributed by atoms with Crippen LogP contribution < -0.4 is 10.0 Å². The molecule has 0 saturated carbocycles. The summed E-state index contributed by atoms with van der Waals surface area (Å²) >= 11 is 3.05. The molecule has 4 heterocycles. The van der Waals surface area contributed by atoms with Crippen molar-refractivity contribution in [3.8, 4) is 0 Å². The van der Waals surface area contributed by atoms with Gasteiger partial charge in [0, 0.05) is 22.7 Å². The Morgan fingerprint density at radius 2 is 1.83 bits per heavy atom. The molecule has 1 aromatic carbocycles. The summed E-state index contributed by atoms with van der Waals surface area (Å²) in [6.45, 7) is 4.52. The third kappa shape index (κ3) is 4.96. The number of sulfonamides is 1. The number of nitrogens with one attached hydrogen (secondary N) is 2. The highest BCUT2D eigenvalue weighted by Crippen LogP contribution is 2.35. The number of benzene rings is 1. The summed E-state index contributed by atoms with van der Waals surface area (Å²) in [4.78, 5) is 17.0. The molecule has 2 N–H and O–H groups in total. The van der Waals surface area contributed by atoms with E-state index >= 15 is 0 Å². The van der Waals surface area contributed by atoms with Crippen LogP contribution in [-0.2, 0) is 10.0 Å². The van der Waals surface area contributed by atoms with E-state index in [1.807, 2.05) is 24.3 Å². The molecule has 0 unspecified atom stereocenters. The van der Waals surface area contributed by atoms with Gasteiger partial charge in [-0.3, -0.25) is 14.4 Å². The molecule has 2 bridgehead atoms. The fraction of sp³-hybridized carbons (Fsp3) is 0.450. The smallest absolute Gasteiger partial charge is 0.261 e. The van der Waals surface area contributed by atoms with E-state index in [0.717, 1.165) is 33.3 Å². The van der Waals surface area contributed by atoms with Crippen LogP contribution in [0, 0.1) is 5.92 Å². The van der Waals surface area contributed by atoms with E-state index in [2.05, 4.69) is 21.9 Å². The van der Waals surface area contributed by atoms with Crippen molar-refractivity contribution in [3.05, 3.63) is 41.3 Å². The standard InChI is InChI=1S/C20H25N3O3S3/c1-13-19(14-9-11-23(13)12-10-14)21-20(24)17-7-8-18(28-17)27-16-5-3-15(4-6-16)22-29(2,25)26/h3-8,13-14,19,22H,9-12H2,1-2H3,(H,21,24)/t13-,19+/m1/s1. The Morgan fingerprint density at radius 1 is 1.14 bits per heavy atom. The minimum absolute atomic E-state index is 0.0140. The maximum Gasteiger partial charge on any atom is 0.261 e. The Balaban J connectivity index is 1.37. The predicted octanol–water partition coefficient (Wildman–Crippen LogP) is 3.48. The second kappa shape index (κ2) is 8.29.